The molecular weight excluding hydrogens is 220 g/mol. The van der Waals surface area contributed by atoms with Crippen LogP contribution in [0.2, 0.25) is 0 Å². The van der Waals surface area contributed by atoms with Gasteiger partial charge in [-0.1, -0.05) is 20.8 Å². The van der Waals surface area contributed by atoms with Crippen molar-refractivity contribution in [3.63, 3.8) is 0 Å². The molecule has 0 aliphatic rings. The lowest BCUT2D eigenvalue weighted by molar-refractivity contribution is -0.126. The van der Waals surface area contributed by atoms with Gasteiger partial charge in [-0.25, -0.2) is 0 Å². The highest BCUT2D eigenvalue weighted by atomic mass is 16.3. The summed E-state index contributed by atoms with van der Waals surface area (Å²) in [7, 11) is 0. The molecule has 0 atom stereocenters. The van der Waals surface area contributed by atoms with Gasteiger partial charge in [-0.2, -0.15) is 0 Å². The first-order valence-electron chi connectivity index (χ1n) is 6.23. The van der Waals surface area contributed by atoms with E-state index in [2.05, 4.69) is 10.6 Å². The van der Waals surface area contributed by atoms with Crippen LogP contribution in [0.3, 0.4) is 0 Å². The van der Waals surface area contributed by atoms with E-state index in [1.807, 2.05) is 20.8 Å². The zero-order chi connectivity index (χ0) is 13.3. The molecule has 0 heterocycles. The molecule has 2 amide bonds. The number of carbonyl (C=O) groups is 2. The molecule has 0 bridgehead atoms. The summed E-state index contributed by atoms with van der Waals surface area (Å²) in [5.74, 6) is -0.390. The number of amides is 2. The van der Waals surface area contributed by atoms with Crippen LogP contribution in [0.4, 0.5) is 0 Å². The predicted molar refractivity (Wildman–Crippen MR) is 66.5 cm³/mol. The molecule has 0 saturated heterocycles. The molecule has 0 aromatic carbocycles. The number of nitrogens with one attached hydrogen (secondary N) is 2. The van der Waals surface area contributed by atoms with Gasteiger partial charge in [0.25, 0.3) is 0 Å². The van der Waals surface area contributed by atoms with Crippen molar-refractivity contribution < 1.29 is 14.7 Å². The van der Waals surface area contributed by atoms with Gasteiger partial charge in [0.05, 0.1) is 12.1 Å². The van der Waals surface area contributed by atoms with E-state index in [4.69, 9.17) is 0 Å². The fraction of sp³-hybridized carbons (Fsp3) is 0.833. The van der Waals surface area contributed by atoms with Crippen LogP contribution in [-0.2, 0) is 9.59 Å². The molecule has 0 spiro atoms. The van der Waals surface area contributed by atoms with E-state index in [0.29, 0.717) is 19.3 Å². The maximum Gasteiger partial charge on any atom is 0.239 e. The Balaban J connectivity index is 3.84. The number of hydrogen-bond acceptors (Lipinski definition) is 3. The maximum absolute atomic E-state index is 11.4. The first kappa shape index (κ1) is 15.9. The minimum atomic E-state index is -0.844. The highest BCUT2D eigenvalue weighted by Crippen LogP contribution is 2.12. The van der Waals surface area contributed by atoms with Crippen molar-refractivity contribution in [3.05, 3.63) is 0 Å². The summed E-state index contributed by atoms with van der Waals surface area (Å²) >= 11 is 0. The molecule has 0 aliphatic heterocycles. The van der Waals surface area contributed by atoms with Crippen molar-refractivity contribution in [3.8, 4) is 0 Å². The molecule has 17 heavy (non-hydrogen) atoms. The van der Waals surface area contributed by atoms with Gasteiger partial charge in [0, 0.05) is 13.0 Å². The second-order valence-corrected chi connectivity index (χ2v) is 4.23. The molecule has 0 radical (unpaired) electrons. The van der Waals surface area contributed by atoms with Crippen LogP contribution in [0.15, 0.2) is 0 Å². The van der Waals surface area contributed by atoms with E-state index in [9.17, 15) is 14.7 Å². The highest BCUT2D eigenvalue weighted by Gasteiger charge is 2.22. The molecule has 0 saturated carbocycles. The van der Waals surface area contributed by atoms with Crippen molar-refractivity contribution in [2.45, 2.75) is 52.1 Å². The van der Waals surface area contributed by atoms with Gasteiger partial charge in [-0.3, -0.25) is 9.59 Å². The standard InChI is InChI=1S/C12H24N2O3/c1-4-7-10(15)13-8-11(16)14-9-12(17,5-2)6-3/h17H,4-9H2,1-3H3,(H,13,15)(H,14,16). The van der Waals surface area contributed by atoms with Gasteiger partial charge >= 0.3 is 0 Å². The molecule has 0 fully saturated rings. The summed E-state index contributed by atoms with van der Waals surface area (Å²) in [5.41, 5.74) is -0.844. The smallest absolute Gasteiger partial charge is 0.239 e. The Morgan fingerprint density at radius 3 is 2.12 bits per heavy atom. The van der Waals surface area contributed by atoms with Crippen molar-refractivity contribution in [1.82, 2.24) is 10.6 Å². The van der Waals surface area contributed by atoms with E-state index in [-0.39, 0.29) is 24.9 Å². The third-order valence-electron chi connectivity index (χ3n) is 2.85. The van der Waals surface area contributed by atoms with Gasteiger partial charge in [0.15, 0.2) is 0 Å². The number of rotatable bonds is 8. The third-order valence-corrected chi connectivity index (χ3v) is 2.85. The zero-order valence-electron chi connectivity index (χ0n) is 11.0. The Morgan fingerprint density at radius 2 is 1.65 bits per heavy atom. The van der Waals surface area contributed by atoms with Crippen LogP contribution < -0.4 is 10.6 Å². The second kappa shape index (κ2) is 8.06. The second-order valence-electron chi connectivity index (χ2n) is 4.23. The predicted octanol–water partition coefficient (Wildman–Crippen LogP) is 0.570. The van der Waals surface area contributed by atoms with Gasteiger partial charge in [-0.05, 0) is 19.3 Å². The topological polar surface area (TPSA) is 78.4 Å². The lowest BCUT2D eigenvalue weighted by atomic mass is 9.98. The Morgan fingerprint density at radius 1 is 1.06 bits per heavy atom. The van der Waals surface area contributed by atoms with E-state index in [1.165, 1.54) is 0 Å². The van der Waals surface area contributed by atoms with Gasteiger partial charge in [0.2, 0.25) is 11.8 Å². The first-order valence-corrected chi connectivity index (χ1v) is 6.23. The SMILES string of the molecule is CCCC(=O)NCC(=O)NCC(O)(CC)CC. The normalized spacial score (nSPS) is 11.1. The summed E-state index contributed by atoms with van der Waals surface area (Å²) in [6.07, 6.45) is 2.37. The molecule has 0 aromatic rings. The Labute approximate surface area is 103 Å². The Kier molecular flexibility index (Phi) is 7.54. The molecule has 0 aromatic heterocycles. The van der Waals surface area contributed by atoms with E-state index >= 15 is 0 Å². The van der Waals surface area contributed by atoms with Gasteiger partial charge < -0.3 is 15.7 Å². The summed E-state index contributed by atoms with van der Waals surface area (Å²) in [5, 5.41) is 15.1. The number of carbonyl (C=O) groups excluding carboxylic acids is 2. The van der Waals surface area contributed by atoms with Crippen LogP contribution in [-0.4, -0.2) is 35.6 Å². The molecule has 0 unspecified atom stereocenters. The lowest BCUT2D eigenvalue weighted by Gasteiger charge is -2.25. The first-order chi connectivity index (χ1) is 7.97. The molecule has 0 rings (SSSR count). The van der Waals surface area contributed by atoms with E-state index in [0.717, 1.165) is 6.42 Å². The van der Waals surface area contributed by atoms with Gasteiger partial charge in [0.1, 0.15) is 0 Å². The van der Waals surface area contributed by atoms with Gasteiger partial charge in [-0.15, -0.1) is 0 Å². The fourth-order valence-electron chi connectivity index (χ4n) is 1.32. The molecule has 5 nitrogen and oxygen atoms in total. The van der Waals surface area contributed by atoms with Crippen LogP contribution in [0.1, 0.15) is 46.5 Å². The molecule has 3 N–H and O–H groups in total. The van der Waals surface area contributed by atoms with Crippen LogP contribution in [0.5, 0.6) is 0 Å². The Hall–Kier alpha value is -1.10. The van der Waals surface area contributed by atoms with E-state index < -0.39 is 5.60 Å². The van der Waals surface area contributed by atoms with Crippen molar-refractivity contribution in [1.29, 1.82) is 0 Å². The molecule has 100 valence electrons. The molecule has 5 heteroatoms. The number of hydrogen-bond donors (Lipinski definition) is 3. The number of aliphatic hydroxyl groups is 1. The minimum Gasteiger partial charge on any atom is -0.388 e. The van der Waals surface area contributed by atoms with Crippen molar-refractivity contribution in [2.24, 2.45) is 0 Å². The van der Waals surface area contributed by atoms with Crippen LogP contribution in [0, 0.1) is 0 Å². The average Bonchev–Trinajstić information content (AvgIpc) is 2.34. The van der Waals surface area contributed by atoms with Crippen LogP contribution in [0.25, 0.3) is 0 Å². The third kappa shape index (κ3) is 6.94. The fourth-order valence-corrected chi connectivity index (χ4v) is 1.32. The molecular formula is C12H24N2O3. The highest BCUT2D eigenvalue weighted by molar-refractivity contribution is 5.84. The van der Waals surface area contributed by atoms with Crippen molar-refractivity contribution >= 4 is 11.8 Å². The van der Waals surface area contributed by atoms with E-state index in [1.54, 1.807) is 0 Å². The largest absolute Gasteiger partial charge is 0.388 e. The summed E-state index contributed by atoms with van der Waals surface area (Å²) in [6.45, 7) is 5.85. The maximum atomic E-state index is 11.4. The average molecular weight is 244 g/mol. The quantitative estimate of drug-likeness (QED) is 0.584. The zero-order valence-corrected chi connectivity index (χ0v) is 11.0. The Bertz CT molecular complexity index is 250. The van der Waals surface area contributed by atoms with Crippen LogP contribution >= 0.6 is 0 Å². The molecule has 0 aliphatic carbocycles. The lowest BCUT2D eigenvalue weighted by Crippen LogP contribution is -2.45. The summed E-state index contributed by atoms with van der Waals surface area (Å²) in [6, 6.07) is 0. The monoisotopic (exact) mass is 244 g/mol. The summed E-state index contributed by atoms with van der Waals surface area (Å²) in [4.78, 5) is 22.5. The summed E-state index contributed by atoms with van der Waals surface area (Å²) < 4.78 is 0. The van der Waals surface area contributed by atoms with Crippen molar-refractivity contribution in [2.75, 3.05) is 13.1 Å². The minimum absolute atomic E-state index is 0.0255.